The molecule has 1 atom stereocenters. The number of hydrogen-bond acceptors (Lipinski definition) is 5. The number of ether oxygens (including phenoxy) is 1. The minimum absolute atomic E-state index is 0.00670. The Labute approximate surface area is 192 Å². The summed E-state index contributed by atoms with van der Waals surface area (Å²) < 4.78 is 46.5. The Bertz CT molecular complexity index is 1050. The van der Waals surface area contributed by atoms with Gasteiger partial charge < -0.3 is 15.4 Å². The monoisotopic (exact) mass is 458 g/mol. The molecule has 8 heteroatoms. The third-order valence-electron chi connectivity index (χ3n) is 4.96. The van der Waals surface area contributed by atoms with Crippen LogP contribution in [-0.2, 0) is 12.6 Å². The summed E-state index contributed by atoms with van der Waals surface area (Å²) in [5, 5.41) is 5.76. The van der Waals surface area contributed by atoms with Crippen molar-refractivity contribution < 1.29 is 17.9 Å². The van der Waals surface area contributed by atoms with Crippen LogP contribution in [0.5, 0.6) is 5.75 Å². The molecule has 0 spiro atoms. The van der Waals surface area contributed by atoms with Gasteiger partial charge in [0.15, 0.2) is 0 Å². The fourth-order valence-corrected chi connectivity index (χ4v) is 3.17. The molecule has 33 heavy (non-hydrogen) atoms. The minimum atomic E-state index is -4.61. The van der Waals surface area contributed by atoms with Crippen LogP contribution in [-0.4, -0.2) is 16.1 Å². The largest absolute Gasteiger partial charge is 0.491 e. The number of nitrogens with one attached hydrogen (secondary N) is 2. The molecule has 2 N–H and O–H groups in total. The third kappa shape index (κ3) is 7.10. The number of rotatable bonds is 9. The quantitative estimate of drug-likeness (QED) is 0.351. The molecule has 0 saturated heterocycles. The van der Waals surface area contributed by atoms with Crippen molar-refractivity contribution in [2.24, 2.45) is 5.92 Å². The van der Waals surface area contributed by atoms with Crippen molar-refractivity contribution in [3.63, 3.8) is 0 Å². The fraction of sp³-hybridized carbons (Fsp3) is 0.360. The number of hydrogen-bond donors (Lipinski definition) is 2. The van der Waals surface area contributed by atoms with Gasteiger partial charge in [0.05, 0.1) is 6.10 Å². The van der Waals surface area contributed by atoms with Crippen molar-refractivity contribution in [3.8, 4) is 5.75 Å². The van der Waals surface area contributed by atoms with Crippen LogP contribution in [0.2, 0.25) is 0 Å². The van der Waals surface area contributed by atoms with Gasteiger partial charge in [-0.25, -0.2) is 4.98 Å². The van der Waals surface area contributed by atoms with Gasteiger partial charge in [-0.2, -0.15) is 18.2 Å². The van der Waals surface area contributed by atoms with E-state index in [1.807, 2.05) is 38.1 Å². The molecule has 0 bridgehead atoms. The van der Waals surface area contributed by atoms with Gasteiger partial charge in [0, 0.05) is 23.6 Å². The molecule has 1 unspecified atom stereocenters. The number of nitrogens with zero attached hydrogens (tertiary/aromatic N) is 2. The Morgan fingerprint density at radius 3 is 2.33 bits per heavy atom. The Morgan fingerprint density at radius 2 is 1.70 bits per heavy atom. The lowest BCUT2D eigenvalue weighted by molar-refractivity contribution is -0.137. The summed E-state index contributed by atoms with van der Waals surface area (Å²) in [6.45, 7) is 8.21. The van der Waals surface area contributed by atoms with Crippen LogP contribution < -0.4 is 15.4 Å². The topological polar surface area (TPSA) is 59.1 Å². The molecule has 1 heterocycles. The highest BCUT2D eigenvalue weighted by molar-refractivity contribution is 5.64. The van der Waals surface area contributed by atoms with Gasteiger partial charge in [-0.1, -0.05) is 39.0 Å². The fourth-order valence-electron chi connectivity index (χ4n) is 3.17. The van der Waals surface area contributed by atoms with Gasteiger partial charge in [0.1, 0.15) is 17.1 Å². The zero-order chi connectivity index (χ0) is 24.0. The SMILES string of the molecule is CCC(C)Oc1cccc(Nc2nc(Nc3ccc(CC(C)C)cc3)ncc2C(F)(F)F)c1. The lowest BCUT2D eigenvalue weighted by atomic mass is 10.0. The van der Waals surface area contributed by atoms with Crippen molar-refractivity contribution in [3.05, 3.63) is 65.9 Å². The summed E-state index contributed by atoms with van der Waals surface area (Å²) in [4.78, 5) is 7.99. The van der Waals surface area contributed by atoms with Crippen molar-refractivity contribution in [2.75, 3.05) is 10.6 Å². The van der Waals surface area contributed by atoms with Gasteiger partial charge in [-0.3, -0.25) is 0 Å². The predicted octanol–water partition coefficient (Wildman–Crippen LogP) is 7.36. The lowest BCUT2D eigenvalue weighted by Crippen LogP contribution is -2.13. The van der Waals surface area contributed by atoms with Crippen LogP contribution in [0.15, 0.2) is 54.7 Å². The van der Waals surface area contributed by atoms with E-state index in [2.05, 4.69) is 34.4 Å². The molecule has 0 fully saturated rings. The summed E-state index contributed by atoms with van der Waals surface area (Å²) in [6.07, 6.45) is -2.07. The maximum atomic E-state index is 13.6. The number of halogens is 3. The third-order valence-corrected chi connectivity index (χ3v) is 4.96. The van der Waals surface area contributed by atoms with E-state index >= 15 is 0 Å². The van der Waals surface area contributed by atoms with E-state index in [-0.39, 0.29) is 17.9 Å². The summed E-state index contributed by atoms with van der Waals surface area (Å²) in [5.41, 5.74) is 1.36. The van der Waals surface area contributed by atoms with Gasteiger partial charge >= 0.3 is 6.18 Å². The van der Waals surface area contributed by atoms with E-state index in [1.54, 1.807) is 24.3 Å². The predicted molar refractivity (Wildman–Crippen MR) is 125 cm³/mol. The lowest BCUT2D eigenvalue weighted by Gasteiger charge is -2.16. The second kappa shape index (κ2) is 10.6. The Balaban J connectivity index is 1.84. The number of alkyl halides is 3. The van der Waals surface area contributed by atoms with Gasteiger partial charge in [-0.15, -0.1) is 0 Å². The van der Waals surface area contributed by atoms with Crippen LogP contribution in [0.3, 0.4) is 0 Å². The second-order valence-corrected chi connectivity index (χ2v) is 8.36. The number of anilines is 4. The first-order chi connectivity index (χ1) is 15.6. The maximum absolute atomic E-state index is 13.6. The molecule has 176 valence electrons. The Morgan fingerprint density at radius 1 is 0.970 bits per heavy atom. The highest BCUT2D eigenvalue weighted by atomic mass is 19.4. The van der Waals surface area contributed by atoms with E-state index in [1.165, 1.54) is 5.56 Å². The van der Waals surface area contributed by atoms with Crippen LogP contribution in [0.1, 0.15) is 45.2 Å². The van der Waals surface area contributed by atoms with E-state index < -0.39 is 11.7 Å². The van der Waals surface area contributed by atoms with Crippen molar-refractivity contribution in [2.45, 2.75) is 52.8 Å². The van der Waals surface area contributed by atoms with E-state index in [0.717, 1.165) is 19.0 Å². The second-order valence-electron chi connectivity index (χ2n) is 8.36. The molecule has 0 amide bonds. The Hall–Kier alpha value is -3.29. The maximum Gasteiger partial charge on any atom is 0.421 e. The average Bonchev–Trinajstić information content (AvgIpc) is 2.74. The van der Waals surface area contributed by atoms with Gasteiger partial charge in [-0.05, 0) is 55.5 Å². The van der Waals surface area contributed by atoms with Gasteiger partial charge in [0.2, 0.25) is 5.95 Å². The van der Waals surface area contributed by atoms with Crippen molar-refractivity contribution in [1.82, 2.24) is 9.97 Å². The van der Waals surface area contributed by atoms with Crippen LogP contribution in [0, 0.1) is 5.92 Å². The van der Waals surface area contributed by atoms with Crippen LogP contribution in [0.25, 0.3) is 0 Å². The molecule has 0 aliphatic heterocycles. The molecule has 3 rings (SSSR count). The number of benzene rings is 2. The summed E-state index contributed by atoms with van der Waals surface area (Å²) in [6, 6.07) is 14.5. The zero-order valence-electron chi connectivity index (χ0n) is 19.2. The first kappa shape index (κ1) is 24.4. The molecule has 0 saturated carbocycles. The molecule has 0 radical (unpaired) electrons. The van der Waals surface area contributed by atoms with Crippen LogP contribution >= 0.6 is 0 Å². The Kier molecular flexibility index (Phi) is 7.79. The summed E-state index contributed by atoms with van der Waals surface area (Å²) >= 11 is 0. The van der Waals surface area contributed by atoms with Gasteiger partial charge in [0.25, 0.3) is 0 Å². The summed E-state index contributed by atoms with van der Waals surface area (Å²) in [7, 11) is 0. The van der Waals surface area contributed by atoms with Crippen molar-refractivity contribution >= 4 is 23.1 Å². The average molecular weight is 459 g/mol. The molecule has 2 aromatic carbocycles. The molecule has 1 aromatic heterocycles. The van der Waals surface area contributed by atoms with E-state index in [4.69, 9.17) is 4.74 Å². The summed E-state index contributed by atoms with van der Waals surface area (Å²) in [5.74, 6) is 0.827. The molecule has 0 aliphatic rings. The normalized spacial score (nSPS) is 12.5. The molecular weight excluding hydrogens is 429 g/mol. The molecule has 0 aliphatic carbocycles. The van der Waals surface area contributed by atoms with Crippen molar-refractivity contribution in [1.29, 1.82) is 0 Å². The molecule has 3 aromatic rings. The molecule has 5 nitrogen and oxygen atoms in total. The first-order valence-electron chi connectivity index (χ1n) is 11.0. The van der Waals surface area contributed by atoms with E-state index in [0.29, 0.717) is 23.0 Å². The minimum Gasteiger partial charge on any atom is -0.491 e. The van der Waals surface area contributed by atoms with E-state index in [9.17, 15) is 13.2 Å². The smallest absolute Gasteiger partial charge is 0.421 e. The molecular formula is C25H29F3N4O. The number of aromatic nitrogens is 2. The standard InChI is InChI=1S/C25H29F3N4O/c1-5-17(4)33-21-8-6-7-20(14-21)30-23-22(25(26,27)28)15-29-24(32-23)31-19-11-9-18(10-12-19)13-16(2)3/h6-12,14-17H,5,13H2,1-4H3,(H2,29,30,31,32). The zero-order valence-corrected chi connectivity index (χ0v) is 19.2. The highest BCUT2D eigenvalue weighted by Crippen LogP contribution is 2.35. The van der Waals surface area contributed by atoms with Crippen LogP contribution in [0.4, 0.5) is 36.3 Å². The highest BCUT2D eigenvalue weighted by Gasteiger charge is 2.35. The first-order valence-corrected chi connectivity index (χ1v) is 11.0.